The summed E-state index contributed by atoms with van der Waals surface area (Å²) in [7, 11) is 0. The van der Waals surface area contributed by atoms with Gasteiger partial charge in [-0.25, -0.2) is 0 Å². The summed E-state index contributed by atoms with van der Waals surface area (Å²) in [6.45, 7) is 7.18. The van der Waals surface area contributed by atoms with Crippen molar-refractivity contribution in [2.75, 3.05) is 13.1 Å². The molecule has 2 aliphatic rings. The molecule has 0 radical (unpaired) electrons. The molecule has 1 N–H and O–H groups in total. The van der Waals surface area contributed by atoms with Crippen molar-refractivity contribution in [2.45, 2.75) is 20.3 Å². The minimum absolute atomic E-state index is 0.517. The van der Waals surface area contributed by atoms with E-state index in [1.807, 2.05) is 0 Å². The Morgan fingerprint density at radius 3 is 2.82 bits per heavy atom. The molecule has 2 unspecified atom stereocenters. The topological polar surface area (TPSA) is 12.0 Å². The first-order valence-electron chi connectivity index (χ1n) is 4.60. The van der Waals surface area contributed by atoms with Crippen molar-refractivity contribution in [3.8, 4) is 0 Å². The van der Waals surface area contributed by atoms with E-state index in [2.05, 4.69) is 31.3 Å². The summed E-state index contributed by atoms with van der Waals surface area (Å²) in [6, 6.07) is 0. The molecule has 1 aliphatic heterocycles. The Hall–Kier alpha value is -0.300. The molecule has 2 atom stereocenters. The number of rotatable bonds is 0. The van der Waals surface area contributed by atoms with Crippen LogP contribution in [0, 0.1) is 17.3 Å². The molecule has 62 valence electrons. The Balaban J connectivity index is 2.25. The fourth-order valence-electron chi connectivity index (χ4n) is 2.35. The van der Waals surface area contributed by atoms with E-state index in [4.69, 9.17) is 0 Å². The van der Waals surface area contributed by atoms with Gasteiger partial charge in [0.15, 0.2) is 0 Å². The number of hydrogen-bond acceptors (Lipinski definition) is 1. The number of fused-ring (bicyclic) bond motifs is 2. The van der Waals surface area contributed by atoms with Crippen molar-refractivity contribution in [1.29, 1.82) is 0 Å². The van der Waals surface area contributed by atoms with Gasteiger partial charge >= 0.3 is 0 Å². The molecule has 1 nitrogen and oxygen atoms in total. The number of allylic oxidation sites excluding steroid dienone is 1. The van der Waals surface area contributed by atoms with Crippen molar-refractivity contribution in [3.05, 3.63) is 12.2 Å². The molecule has 1 heterocycles. The van der Waals surface area contributed by atoms with E-state index in [0.29, 0.717) is 5.41 Å². The fourth-order valence-corrected chi connectivity index (χ4v) is 2.35. The van der Waals surface area contributed by atoms with Crippen molar-refractivity contribution >= 4 is 0 Å². The normalized spacial score (nSPS) is 40.5. The summed E-state index contributed by atoms with van der Waals surface area (Å²) >= 11 is 0. The largest absolute Gasteiger partial charge is 0.316 e. The molecule has 1 fully saturated rings. The van der Waals surface area contributed by atoms with Crippen LogP contribution in [0.4, 0.5) is 0 Å². The minimum Gasteiger partial charge on any atom is -0.316 e. The van der Waals surface area contributed by atoms with Crippen molar-refractivity contribution in [1.82, 2.24) is 5.32 Å². The van der Waals surface area contributed by atoms with E-state index in [0.717, 1.165) is 11.8 Å². The third-order valence-electron chi connectivity index (χ3n) is 3.48. The van der Waals surface area contributed by atoms with Crippen LogP contribution in [0.2, 0.25) is 0 Å². The monoisotopic (exact) mass is 151 g/mol. The highest BCUT2D eigenvalue weighted by atomic mass is 14.9. The molecule has 11 heavy (non-hydrogen) atoms. The first kappa shape index (κ1) is 7.35. The van der Waals surface area contributed by atoms with Gasteiger partial charge in [-0.3, -0.25) is 0 Å². The number of hydrogen-bond donors (Lipinski definition) is 1. The Labute approximate surface area is 68.9 Å². The van der Waals surface area contributed by atoms with Crippen LogP contribution in [0.15, 0.2) is 12.2 Å². The van der Waals surface area contributed by atoms with Crippen molar-refractivity contribution in [2.24, 2.45) is 17.3 Å². The molecule has 0 spiro atoms. The summed E-state index contributed by atoms with van der Waals surface area (Å²) in [5.74, 6) is 1.59. The summed E-state index contributed by atoms with van der Waals surface area (Å²) in [4.78, 5) is 0. The lowest BCUT2D eigenvalue weighted by Crippen LogP contribution is -2.28. The molecular weight excluding hydrogens is 134 g/mol. The molecule has 1 heteroatoms. The van der Waals surface area contributed by atoms with Crippen LogP contribution < -0.4 is 5.32 Å². The van der Waals surface area contributed by atoms with E-state index >= 15 is 0 Å². The van der Waals surface area contributed by atoms with E-state index in [9.17, 15) is 0 Å². The van der Waals surface area contributed by atoms with Gasteiger partial charge in [-0.15, -0.1) is 0 Å². The molecule has 0 aromatic carbocycles. The second-order valence-corrected chi connectivity index (χ2v) is 4.41. The number of nitrogens with one attached hydrogen (secondary N) is 1. The van der Waals surface area contributed by atoms with Crippen LogP contribution in [-0.4, -0.2) is 13.1 Å². The minimum atomic E-state index is 0.517. The fraction of sp³-hybridized carbons (Fsp3) is 0.800. The van der Waals surface area contributed by atoms with Crippen LogP contribution in [0.1, 0.15) is 20.3 Å². The van der Waals surface area contributed by atoms with Crippen LogP contribution in [0.25, 0.3) is 0 Å². The maximum atomic E-state index is 3.48. The summed E-state index contributed by atoms with van der Waals surface area (Å²) in [5.41, 5.74) is 0.517. The molecule has 0 amide bonds. The molecular formula is C10H17N. The maximum Gasteiger partial charge on any atom is 0.00195 e. The molecule has 2 bridgehead atoms. The first-order chi connectivity index (χ1) is 5.21. The lowest BCUT2D eigenvalue weighted by atomic mass is 9.74. The lowest BCUT2D eigenvalue weighted by molar-refractivity contribution is 0.217. The molecule has 2 rings (SSSR count). The summed E-state index contributed by atoms with van der Waals surface area (Å²) in [6.07, 6.45) is 6.14. The van der Waals surface area contributed by atoms with Gasteiger partial charge in [-0.2, -0.15) is 0 Å². The van der Waals surface area contributed by atoms with Crippen LogP contribution in [0.5, 0.6) is 0 Å². The van der Waals surface area contributed by atoms with E-state index in [1.165, 1.54) is 19.5 Å². The maximum absolute atomic E-state index is 3.48. The van der Waals surface area contributed by atoms with Gasteiger partial charge in [-0.05, 0) is 30.2 Å². The van der Waals surface area contributed by atoms with E-state index in [-0.39, 0.29) is 0 Å². The van der Waals surface area contributed by atoms with Crippen LogP contribution >= 0.6 is 0 Å². The average molecular weight is 151 g/mol. The van der Waals surface area contributed by atoms with Gasteiger partial charge in [-0.1, -0.05) is 26.0 Å². The van der Waals surface area contributed by atoms with Gasteiger partial charge in [0.25, 0.3) is 0 Å². The predicted octanol–water partition coefficient (Wildman–Crippen LogP) is 1.81. The Bertz CT molecular complexity index is 163. The summed E-state index contributed by atoms with van der Waals surface area (Å²) < 4.78 is 0. The average Bonchev–Trinajstić information content (AvgIpc) is 2.00. The highest BCUT2D eigenvalue weighted by Crippen LogP contribution is 2.44. The van der Waals surface area contributed by atoms with Crippen molar-refractivity contribution in [3.63, 3.8) is 0 Å². The third-order valence-corrected chi connectivity index (χ3v) is 3.48. The molecule has 0 saturated carbocycles. The third kappa shape index (κ3) is 1.02. The molecule has 0 aromatic rings. The molecule has 0 aromatic heterocycles. The second-order valence-electron chi connectivity index (χ2n) is 4.41. The Kier molecular flexibility index (Phi) is 1.57. The second kappa shape index (κ2) is 2.34. The zero-order valence-corrected chi connectivity index (χ0v) is 7.43. The van der Waals surface area contributed by atoms with E-state index < -0.39 is 0 Å². The van der Waals surface area contributed by atoms with Crippen molar-refractivity contribution < 1.29 is 0 Å². The molecule has 1 aliphatic carbocycles. The van der Waals surface area contributed by atoms with Crippen LogP contribution in [0.3, 0.4) is 0 Å². The van der Waals surface area contributed by atoms with Gasteiger partial charge in [0, 0.05) is 6.54 Å². The standard InChI is InChI=1S/C10H17N/c1-10(2)8-3-4-9(10)7-11-6-5-8/h3-4,8-9,11H,5-7H2,1-2H3. The van der Waals surface area contributed by atoms with Gasteiger partial charge in [0.05, 0.1) is 0 Å². The highest BCUT2D eigenvalue weighted by Gasteiger charge is 2.39. The quantitative estimate of drug-likeness (QED) is 0.521. The predicted molar refractivity (Wildman–Crippen MR) is 47.4 cm³/mol. The smallest absolute Gasteiger partial charge is 0.00195 e. The Morgan fingerprint density at radius 2 is 2.00 bits per heavy atom. The lowest BCUT2D eigenvalue weighted by Gasteiger charge is -2.30. The Morgan fingerprint density at radius 1 is 1.27 bits per heavy atom. The zero-order valence-electron chi connectivity index (χ0n) is 7.43. The van der Waals surface area contributed by atoms with Crippen LogP contribution in [-0.2, 0) is 0 Å². The van der Waals surface area contributed by atoms with Gasteiger partial charge in [0.2, 0.25) is 0 Å². The van der Waals surface area contributed by atoms with Gasteiger partial charge in [0.1, 0.15) is 0 Å². The molecule has 1 saturated heterocycles. The SMILES string of the molecule is CC1(C)C2C=CC1CNCC2. The highest BCUT2D eigenvalue weighted by molar-refractivity contribution is 5.12. The first-order valence-corrected chi connectivity index (χ1v) is 4.60. The van der Waals surface area contributed by atoms with E-state index in [1.54, 1.807) is 0 Å². The summed E-state index contributed by atoms with van der Waals surface area (Å²) in [5, 5.41) is 3.48. The van der Waals surface area contributed by atoms with Gasteiger partial charge < -0.3 is 5.32 Å². The zero-order chi connectivity index (χ0) is 7.90.